The molecule has 2 aliphatic heterocycles. The van der Waals surface area contributed by atoms with Crippen LogP contribution in [0, 0.1) is 17.2 Å². The summed E-state index contributed by atoms with van der Waals surface area (Å²) >= 11 is 0. The molecule has 3 aromatic rings. The molecule has 4 heterocycles. The van der Waals surface area contributed by atoms with E-state index in [0.717, 1.165) is 49.3 Å². The van der Waals surface area contributed by atoms with Gasteiger partial charge < -0.3 is 9.47 Å². The van der Waals surface area contributed by atoms with Gasteiger partial charge in [-0.25, -0.2) is 0 Å². The van der Waals surface area contributed by atoms with E-state index in [0.29, 0.717) is 11.8 Å². The molecule has 1 aromatic carbocycles. The lowest BCUT2D eigenvalue weighted by atomic mass is 9.80. The SMILES string of the molecule is N#Cc1cccc(C[NH+]2C[C@@H]3C[C@H](C2)c2c(-c4cccnc4)ccc(=O)n2C3)c1. The second-order valence-electron chi connectivity index (χ2n) is 8.27. The van der Waals surface area contributed by atoms with Crippen molar-refractivity contribution in [3.8, 4) is 17.2 Å². The fraction of sp³-hybridized carbons (Fsp3) is 0.292. The number of quaternary nitrogens is 1. The number of nitriles is 1. The number of hydrogen-bond donors (Lipinski definition) is 1. The summed E-state index contributed by atoms with van der Waals surface area (Å²) in [4.78, 5) is 18.4. The molecule has 1 unspecified atom stereocenters. The molecular formula is C24H23N4O+. The Morgan fingerprint density at radius 1 is 1.17 bits per heavy atom. The Bertz CT molecular complexity index is 1150. The van der Waals surface area contributed by atoms with Crippen molar-refractivity contribution in [2.45, 2.75) is 25.4 Å². The molecule has 5 rings (SSSR count). The highest BCUT2D eigenvalue weighted by molar-refractivity contribution is 5.66. The van der Waals surface area contributed by atoms with Crippen LogP contribution in [0.3, 0.4) is 0 Å². The van der Waals surface area contributed by atoms with Gasteiger partial charge in [-0.3, -0.25) is 9.78 Å². The molecule has 0 aliphatic carbocycles. The number of nitrogens with one attached hydrogen (secondary N) is 1. The van der Waals surface area contributed by atoms with Crippen molar-refractivity contribution >= 4 is 0 Å². The van der Waals surface area contributed by atoms with Crippen LogP contribution in [0.4, 0.5) is 0 Å². The Kier molecular flexibility index (Phi) is 4.49. The lowest BCUT2D eigenvalue weighted by molar-refractivity contribution is -0.924. The number of nitrogens with zero attached hydrogens (tertiary/aromatic N) is 3. The number of rotatable bonds is 3. The van der Waals surface area contributed by atoms with Crippen molar-refractivity contribution in [1.29, 1.82) is 5.26 Å². The zero-order chi connectivity index (χ0) is 19.8. The summed E-state index contributed by atoms with van der Waals surface area (Å²) < 4.78 is 2.01. The molecule has 5 heteroatoms. The number of piperidine rings is 1. The van der Waals surface area contributed by atoms with Crippen LogP contribution < -0.4 is 10.5 Å². The van der Waals surface area contributed by atoms with Crippen LogP contribution in [0.15, 0.2) is 65.7 Å². The highest BCUT2D eigenvalue weighted by atomic mass is 16.1. The normalized spacial score (nSPS) is 22.5. The molecule has 0 radical (unpaired) electrons. The number of pyridine rings is 2. The van der Waals surface area contributed by atoms with Crippen molar-refractivity contribution in [3.05, 3.63) is 88.1 Å². The smallest absolute Gasteiger partial charge is 0.250 e. The largest absolute Gasteiger partial charge is 0.330 e. The van der Waals surface area contributed by atoms with Gasteiger partial charge in [-0.1, -0.05) is 18.2 Å². The second kappa shape index (κ2) is 7.31. The fourth-order valence-corrected chi connectivity index (χ4v) is 5.19. The predicted octanol–water partition coefficient (Wildman–Crippen LogP) is 1.98. The van der Waals surface area contributed by atoms with E-state index in [1.807, 2.05) is 41.1 Å². The molecule has 2 bridgehead atoms. The van der Waals surface area contributed by atoms with Crippen molar-refractivity contribution in [2.75, 3.05) is 13.1 Å². The topological polar surface area (TPSA) is 63.1 Å². The molecular weight excluding hydrogens is 360 g/mol. The van der Waals surface area contributed by atoms with E-state index < -0.39 is 0 Å². The van der Waals surface area contributed by atoms with Gasteiger partial charge in [0.2, 0.25) is 0 Å². The van der Waals surface area contributed by atoms with E-state index in [1.54, 1.807) is 12.3 Å². The molecule has 144 valence electrons. The Morgan fingerprint density at radius 2 is 2.10 bits per heavy atom. The van der Waals surface area contributed by atoms with Gasteiger partial charge in [-0.15, -0.1) is 0 Å². The summed E-state index contributed by atoms with van der Waals surface area (Å²) in [6, 6.07) is 17.8. The van der Waals surface area contributed by atoms with Gasteiger partial charge in [0.25, 0.3) is 5.56 Å². The number of likely N-dealkylation sites (tertiary alicyclic amines) is 1. The second-order valence-corrected chi connectivity index (χ2v) is 8.27. The first kappa shape index (κ1) is 17.8. The Balaban J connectivity index is 1.49. The lowest BCUT2D eigenvalue weighted by Gasteiger charge is -2.41. The van der Waals surface area contributed by atoms with Gasteiger partial charge in [0.1, 0.15) is 6.54 Å². The first-order valence-corrected chi connectivity index (χ1v) is 10.2. The predicted molar refractivity (Wildman–Crippen MR) is 110 cm³/mol. The fourth-order valence-electron chi connectivity index (χ4n) is 5.19. The Morgan fingerprint density at radius 3 is 2.93 bits per heavy atom. The van der Waals surface area contributed by atoms with Crippen molar-refractivity contribution < 1.29 is 4.90 Å². The molecule has 1 fully saturated rings. The van der Waals surface area contributed by atoms with E-state index in [-0.39, 0.29) is 5.56 Å². The summed E-state index contributed by atoms with van der Waals surface area (Å²) in [6.07, 6.45) is 4.80. The summed E-state index contributed by atoms with van der Waals surface area (Å²) in [5, 5.41) is 9.18. The quantitative estimate of drug-likeness (QED) is 0.752. The monoisotopic (exact) mass is 383 g/mol. The average molecular weight is 383 g/mol. The molecule has 0 amide bonds. The summed E-state index contributed by atoms with van der Waals surface area (Å²) in [7, 11) is 0. The Hall–Kier alpha value is -3.23. The van der Waals surface area contributed by atoms with Crippen LogP contribution in [-0.2, 0) is 13.1 Å². The maximum Gasteiger partial charge on any atom is 0.250 e. The third-order valence-electron chi connectivity index (χ3n) is 6.27. The van der Waals surface area contributed by atoms with Gasteiger partial charge in [-0.05, 0) is 30.7 Å². The van der Waals surface area contributed by atoms with Crippen LogP contribution in [0.2, 0.25) is 0 Å². The molecule has 3 atom stereocenters. The Labute approximate surface area is 169 Å². The maximum absolute atomic E-state index is 12.6. The summed E-state index contributed by atoms with van der Waals surface area (Å²) in [5.41, 5.74) is 5.40. The molecule has 29 heavy (non-hydrogen) atoms. The van der Waals surface area contributed by atoms with E-state index >= 15 is 0 Å². The highest BCUT2D eigenvalue weighted by Gasteiger charge is 2.38. The van der Waals surface area contributed by atoms with E-state index in [2.05, 4.69) is 23.2 Å². The van der Waals surface area contributed by atoms with Gasteiger partial charge >= 0.3 is 0 Å². The first-order valence-electron chi connectivity index (χ1n) is 10.2. The standard InChI is InChI=1S/C24H22N4O/c25-11-17-3-1-4-18(9-17)13-27-14-19-10-21(16-27)24-22(20-5-2-8-26-12-20)6-7-23(29)28(24)15-19/h1-9,12,19,21H,10,13-16H2/p+1/t19-,21+/m0/s1. The molecule has 5 nitrogen and oxygen atoms in total. The van der Waals surface area contributed by atoms with Gasteiger partial charge in [0.15, 0.2) is 0 Å². The summed E-state index contributed by atoms with van der Waals surface area (Å²) in [5.74, 6) is 0.873. The first-order chi connectivity index (χ1) is 14.2. The average Bonchev–Trinajstić information content (AvgIpc) is 2.75. The molecule has 0 saturated carbocycles. The highest BCUT2D eigenvalue weighted by Crippen LogP contribution is 2.36. The molecule has 2 aliphatic rings. The summed E-state index contributed by atoms with van der Waals surface area (Å²) in [6.45, 7) is 3.78. The van der Waals surface area contributed by atoms with Crippen molar-refractivity contribution in [2.24, 2.45) is 5.92 Å². The number of hydrogen-bond acceptors (Lipinski definition) is 3. The van der Waals surface area contributed by atoms with Crippen molar-refractivity contribution in [1.82, 2.24) is 9.55 Å². The number of aromatic nitrogens is 2. The number of benzene rings is 1. The maximum atomic E-state index is 12.6. The van der Waals surface area contributed by atoms with Gasteiger partial charge in [-0.2, -0.15) is 5.26 Å². The minimum atomic E-state index is 0.104. The molecule has 2 aromatic heterocycles. The van der Waals surface area contributed by atoms with E-state index in [1.165, 1.54) is 16.2 Å². The van der Waals surface area contributed by atoms with Crippen LogP contribution in [0.25, 0.3) is 11.1 Å². The van der Waals surface area contributed by atoms with E-state index in [9.17, 15) is 10.1 Å². The minimum absolute atomic E-state index is 0.104. The third kappa shape index (κ3) is 3.37. The molecule has 1 N–H and O–H groups in total. The zero-order valence-corrected chi connectivity index (χ0v) is 16.2. The van der Waals surface area contributed by atoms with Crippen LogP contribution in [0.1, 0.15) is 29.2 Å². The number of fused-ring (bicyclic) bond motifs is 4. The third-order valence-corrected chi connectivity index (χ3v) is 6.27. The van der Waals surface area contributed by atoms with E-state index in [4.69, 9.17) is 0 Å². The molecule has 0 spiro atoms. The van der Waals surface area contributed by atoms with Crippen LogP contribution in [-0.4, -0.2) is 22.6 Å². The lowest BCUT2D eigenvalue weighted by Crippen LogP contribution is -3.13. The van der Waals surface area contributed by atoms with Crippen molar-refractivity contribution in [3.63, 3.8) is 0 Å². The van der Waals surface area contributed by atoms with Gasteiger partial charge in [0.05, 0.1) is 24.7 Å². The van der Waals surface area contributed by atoms with Crippen LogP contribution in [0.5, 0.6) is 0 Å². The molecule has 1 saturated heterocycles. The minimum Gasteiger partial charge on any atom is -0.330 e. The van der Waals surface area contributed by atoms with Crippen LogP contribution >= 0.6 is 0 Å². The zero-order valence-electron chi connectivity index (χ0n) is 16.2. The van der Waals surface area contributed by atoms with Gasteiger partial charge in [0, 0.05) is 59.2 Å².